The first-order chi connectivity index (χ1) is 12.0. The molecule has 0 radical (unpaired) electrons. The van der Waals surface area contributed by atoms with Crippen LogP contribution in [0.3, 0.4) is 0 Å². The van der Waals surface area contributed by atoms with Crippen molar-refractivity contribution in [1.82, 2.24) is 14.8 Å². The maximum Gasteiger partial charge on any atom is 0.387 e. The van der Waals surface area contributed by atoms with E-state index in [1.165, 1.54) is 18.5 Å². The molecule has 0 N–H and O–H groups in total. The second-order valence-corrected chi connectivity index (χ2v) is 5.86. The number of hydrogen-bond acceptors (Lipinski definition) is 6. The summed E-state index contributed by atoms with van der Waals surface area (Å²) in [6.07, 6.45) is 4.96. The van der Waals surface area contributed by atoms with E-state index in [0.717, 1.165) is 18.9 Å². The van der Waals surface area contributed by atoms with Gasteiger partial charge in [0, 0.05) is 25.7 Å². The molecule has 0 aliphatic carbocycles. The standard InChI is InChI=1S/C15H17F2N5O3/c16-15(17)25-14-6-12(22(23)24)3-4-13(14)20-5-1-2-11(7-20)8-21-10-18-9-19-21/h3-4,6,9-11,15H,1-2,5,7-8H2/t11-/m0/s1. The normalized spacial score (nSPS) is 17.7. The van der Waals surface area contributed by atoms with Crippen molar-refractivity contribution in [2.75, 3.05) is 18.0 Å². The first-order valence-corrected chi connectivity index (χ1v) is 7.83. The monoisotopic (exact) mass is 353 g/mol. The fourth-order valence-corrected chi connectivity index (χ4v) is 3.09. The zero-order valence-electron chi connectivity index (χ0n) is 13.3. The molecule has 0 unspecified atom stereocenters. The molecule has 1 atom stereocenters. The van der Waals surface area contributed by atoms with Gasteiger partial charge in [-0.15, -0.1) is 0 Å². The van der Waals surface area contributed by atoms with Crippen molar-refractivity contribution in [3.63, 3.8) is 0 Å². The number of piperidine rings is 1. The van der Waals surface area contributed by atoms with E-state index < -0.39 is 11.5 Å². The summed E-state index contributed by atoms with van der Waals surface area (Å²) >= 11 is 0. The largest absolute Gasteiger partial charge is 0.432 e. The Labute approximate surface area is 142 Å². The summed E-state index contributed by atoms with van der Waals surface area (Å²) in [4.78, 5) is 16.1. The Morgan fingerprint density at radius 1 is 1.44 bits per heavy atom. The smallest absolute Gasteiger partial charge is 0.387 e. The summed E-state index contributed by atoms with van der Waals surface area (Å²) in [6, 6.07) is 3.81. The fraction of sp³-hybridized carbons (Fsp3) is 0.467. The van der Waals surface area contributed by atoms with Crippen molar-refractivity contribution >= 4 is 11.4 Å². The molecule has 3 rings (SSSR count). The van der Waals surface area contributed by atoms with Crippen molar-refractivity contribution in [3.05, 3.63) is 41.0 Å². The molecule has 1 saturated heterocycles. The average molecular weight is 353 g/mol. The van der Waals surface area contributed by atoms with Crippen molar-refractivity contribution in [1.29, 1.82) is 0 Å². The molecule has 1 aliphatic heterocycles. The summed E-state index contributed by atoms with van der Waals surface area (Å²) in [5.74, 6) is 0.0932. The number of nitro groups is 1. The molecule has 2 aromatic rings. The first kappa shape index (κ1) is 17.1. The van der Waals surface area contributed by atoms with E-state index in [1.807, 2.05) is 4.90 Å². The van der Waals surface area contributed by atoms with Crippen molar-refractivity contribution in [2.45, 2.75) is 26.0 Å². The number of rotatable bonds is 6. The Morgan fingerprint density at radius 2 is 2.28 bits per heavy atom. The molecule has 134 valence electrons. The van der Waals surface area contributed by atoms with E-state index in [9.17, 15) is 18.9 Å². The minimum absolute atomic E-state index is 0.175. The Kier molecular flexibility index (Phi) is 5.05. The van der Waals surface area contributed by atoms with E-state index in [1.54, 1.807) is 11.0 Å². The summed E-state index contributed by atoms with van der Waals surface area (Å²) < 4.78 is 31.7. The molecule has 0 saturated carbocycles. The molecular weight excluding hydrogens is 336 g/mol. The van der Waals surface area contributed by atoms with Crippen LogP contribution in [-0.4, -0.2) is 39.4 Å². The van der Waals surface area contributed by atoms with Gasteiger partial charge in [-0.25, -0.2) is 4.98 Å². The number of hydrogen-bond donors (Lipinski definition) is 0. The number of nitrogens with zero attached hydrogens (tertiary/aromatic N) is 5. The van der Waals surface area contributed by atoms with E-state index >= 15 is 0 Å². The van der Waals surface area contributed by atoms with Gasteiger partial charge in [0.1, 0.15) is 12.7 Å². The van der Waals surface area contributed by atoms with Crippen LogP contribution in [-0.2, 0) is 6.54 Å². The van der Waals surface area contributed by atoms with Crippen LogP contribution in [0.4, 0.5) is 20.2 Å². The Balaban J connectivity index is 1.80. The second kappa shape index (κ2) is 7.41. The van der Waals surface area contributed by atoms with Gasteiger partial charge in [-0.05, 0) is 24.8 Å². The topological polar surface area (TPSA) is 86.3 Å². The summed E-state index contributed by atoms with van der Waals surface area (Å²) in [6.45, 7) is -1.08. The summed E-state index contributed by atoms with van der Waals surface area (Å²) in [5.41, 5.74) is 0.157. The van der Waals surface area contributed by atoms with Gasteiger partial charge in [0.2, 0.25) is 0 Å². The first-order valence-electron chi connectivity index (χ1n) is 7.83. The lowest BCUT2D eigenvalue weighted by atomic mass is 9.97. The maximum absolute atomic E-state index is 12.7. The van der Waals surface area contributed by atoms with E-state index in [2.05, 4.69) is 14.8 Å². The van der Waals surface area contributed by atoms with Crippen LogP contribution in [0.25, 0.3) is 0 Å². The second-order valence-electron chi connectivity index (χ2n) is 5.86. The van der Waals surface area contributed by atoms with Gasteiger partial charge in [0.15, 0.2) is 5.75 Å². The third-order valence-electron chi connectivity index (χ3n) is 4.14. The Hall–Kier alpha value is -2.78. The van der Waals surface area contributed by atoms with Crippen LogP contribution in [0.5, 0.6) is 5.75 Å². The lowest BCUT2D eigenvalue weighted by Crippen LogP contribution is -2.37. The number of nitro benzene ring substituents is 1. The highest BCUT2D eigenvalue weighted by molar-refractivity contribution is 5.62. The third-order valence-corrected chi connectivity index (χ3v) is 4.14. The van der Waals surface area contributed by atoms with Gasteiger partial charge in [-0.2, -0.15) is 13.9 Å². The number of ether oxygens (including phenoxy) is 1. The minimum Gasteiger partial charge on any atom is -0.432 e. The predicted octanol–water partition coefficient (Wildman–Crippen LogP) is 2.70. The van der Waals surface area contributed by atoms with Crippen molar-refractivity contribution in [2.24, 2.45) is 5.92 Å². The zero-order chi connectivity index (χ0) is 17.8. The van der Waals surface area contributed by atoms with Crippen LogP contribution in [0.1, 0.15) is 12.8 Å². The fourth-order valence-electron chi connectivity index (χ4n) is 3.09. The highest BCUT2D eigenvalue weighted by Gasteiger charge is 2.25. The molecule has 2 heterocycles. The molecule has 1 aromatic carbocycles. The van der Waals surface area contributed by atoms with Gasteiger partial charge in [-0.1, -0.05) is 0 Å². The molecule has 1 aromatic heterocycles. The van der Waals surface area contributed by atoms with E-state index in [4.69, 9.17) is 0 Å². The SMILES string of the molecule is O=[N+]([O-])c1ccc(N2CCC[C@H](Cn3cncn3)C2)c(OC(F)F)c1. The zero-order valence-corrected chi connectivity index (χ0v) is 13.3. The number of anilines is 1. The van der Waals surface area contributed by atoms with Crippen LogP contribution in [0, 0.1) is 16.0 Å². The molecule has 10 heteroatoms. The van der Waals surface area contributed by atoms with Crippen LogP contribution in [0.15, 0.2) is 30.9 Å². The van der Waals surface area contributed by atoms with Crippen LogP contribution < -0.4 is 9.64 Å². The summed E-state index contributed by atoms with van der Waals surface area (Å²) in [7, 11) is 0. The average Bonchev–Trinajstić information content (AvgIpc) is 3.07. The third kappa shape index (κ3) is 4.20. The van der Waals surface area contributed by atoms with E-state index in [-0.39, 0.29) is 17.4 Å². The molecule has 8 nitrogen and oxygen atoms in total. The van der Waals surface area contributed by atoms with Gasteiger partial charge in [0.05, 0.1) is 16.7 Å². The molecule has 1 fully saturated rings. The van der Waals surface area contributed by atoms with Crippen molar-refractivity contribution in [3.8, 4) is 5.75 Å². The summed E-state index contributed by atoms with van der Waals surface area (Å²) in [5, 5.41) is 15.0. The number of non-ortho nitro benzene ring substituents is 1. The molecule has 25 heavy (non-hydrogen) atoms. The molecule has 0 bridgehead atoms. The molecule has 0 spiro atoms. The van der Waals surface area contributed by atoms with Gasteiger partial charge < -0.3 is 9.64 Å². The lowest BCUT2D eigenvalue weighted by Gasteiger charge is -2.35. The quantitative estimate of drug-likeness (QED) is 0.586. The number of alkyl halides is 2. The Morgan fingerprint density at radius 3 is 2.96 bits per heavy atom. The van der Waals surface area contributed by atoms with Crippen LogP contribution >= 0.6 is 0 Å². The number of benzene rings is 1. The van der Waals surface area contributed by atoms with Gasteiger partial charge >= 0.3 is 6.61 Å². The lowest BCUT2D eigenvalue weighted by molar-refractivity contribution is -0.385. The molecule has 0 amide bonds. The number of aromatic nitrogens is 3. The van der Waals surface area contributed by atoms with Gasteiger partial charge in [0.25, 0.3) is 5.69 Å². The number of halogens is 2. The minimum atomic E-state index is -3.04. The highest BCUT2D eigenvalue weighted by atomic mass is 19.3. The van der Waals surface area contributed by atoms with Crippen LogP contribution in [0.2, 0.25) is 0 Å². The maximum atomic E-state index is 12.7. The Bertz CT molecular complexity index is 726. The van der Waals surface area contributed by atoms with Crippen molar-refractivity contribution < 1.29 is 18.4 Å². The molecular formula is C15H17F2N5O3. The predicted molar refractivity (Wildman–Crippen MR) is 84.7 cm³/mol. The molecule has 1 aliphatic rings. The highest BCUT2D eigenvalue weighted by Crippen LogP contribution is 2.35. The van der Waals surface area contributed by atoms with E-state index in [0.29, 0.717) is 25.3 Å². The van der Waals surface area contributed by atoms with Gasteiger partial charge in [-0.3, -0.25) is 14.8 Å².